The molecule has 0 aromatic carbocycles. The minimum Gasteiger partial charge on any atom is -0.383 e. The number of thiazole rings is 1. The molecule has 10 heteroatoms. The maximum atomic E-state index is 15.0. The number of ketones is 1. The van der Waals surface area contributed by atoms with E-state index in [0.29, 0.717) is 25.7 Å². The predicted molar refractivity (Wildman–Crippen MR) is 147 cm³/mol. The molecule has 224 valence electrons. The quantitative estimate of drug-likeness (QED) is 0.174. The highest BCUT2D eigenvalue weighted by Gasteiger charge is 2.79. The predicted octanol–water partition coefficient (Wildman–Crippen LogP) is 8.87. The third-order valence-corrected chi connectivity index (χ3v) is 13.3. The summed E-state index contributed by atoms with van der Waals surface area (Å²) in [5, 5.41) is 13.2. The van der Waals surface area contributed by atoms with Crippen LogP contribution in [0.5, 0.6) is 0 Å². The van der Waals surface area contributed by atoms with Crippen LogP contribution in [0.4, 0.5) is 22.0 Å². The van der Waals surface area contributed by atoms with Gasteiger partial charge in [-0.25, -0.2) is 4.98 Å². The number of nitrogens with zero attached hydrogens (tertiary/aromatic N) is 1. The average Bonchev–Trinajstić information content (AvgIpc) is 3.50. The summed E-state index contributed by atoms with van der Waals surface area (Å²) in [4.78, 5) is 16.7. The fraction of sp³-hybridized carbons (Fsp3) is 0.800. The van der Waals surface area contributed by atoms with E-state index in [2.05, 4.69) is 11.9 Å². The van der Waals surface area contributed by atoms with Crippen molar-refractivity contribution in [3.05, 3.63) is 23.2 Å². The Morgan fingerprint density at radius 1 is 1.05 bits per heavy atom. The highest BCUT2D eigenvalue weighted by molar-refractivity contribution is 8.00. The molecule has 3 nitrogen and oxygen atoms in total. The van der Waals surface area contributed by atoms with Gasteiger partial charge in [-0.05, 0) is 86.5 Å². The zero-order valence-corrected chi connectivity index (χ0v) is 24.9. The van der Waals surface area contributed by atoms with Crippen LogP contribution in [0, 0.1) is 34.5 Å². The van der Waals surface area contributed by atoms with Gasteiger partial charge in [0, 0.05) is 29.2 Å². The second kappa shape index (κ2) is 10.9. The van der Waals surface area contributed by atoms with Gasteiger partial charge in [0.15, 0.2) is 5.78 Å². The molecule has 4 aliphatic rings. The number of hydrogen-bond donors (Lipinski definition) is 1. The van der Waals surface area contributed by atoms with Gasteiger partial charge in [0.25, 0.3) is 0 Å². The van der Waals surface area contributed by atoms with Crippen LogP contribution in [0.2, 0.25) is 0 Å². The Morgan fingerprint density at radius 2 is 1.77 bits per heavy atom. The summed E-state index contributed by atoms with van der Waals surface area (Å²) in [6.07, 6.45) is 4.93. The zero-order chi connectivity index (χ0) is 29.0. The highest BCUT2D eigenvalue weighted by atomic mass is 32.2. The molecule has 0 spiro atoms. The third kappa shape index (κ3) is 4.89. The van der Waals surface area contributed by atoms with E-state index in [-0.39, 0.29) is 41.8 Å². The Balaban J connectivity index is 1.34. The van der Waals surface area contributed by atoms with Crippen molar-refractivity contribution in [2.75, 3.05) is 5.75 Å². The van der Waals surface area contributed by atoms with Crippen molar-refractivity contribution in [3.8, 4) is 0 Å². The number of aliphatic hydroxyl groups is 1. The van der Waals surface area contributed by atoms with E-state index in [1.54, 1.807) is 35.4 Å². The van der Waals surface area contributed by atoms with Gasteiger partial charge < -0.3 is 5.11 Å². The molecule has 0 saturated heterocycles. The molecule has 5 rings (SSSR count). The van der Waals surface area contributed by atoms with Crippen LogP contribution in [0.25, 0.3) is 0 Å². The summed E-state index contributed by atoms with van der Waals surface area (Å²) in [6, 6.07) is 0. The summed E-state index contributed by atoms with van der Waals surface area (Å²) in [5.41, 5.74) is -3.71. The molecular formula is C30H40F5NO2S2. The van der Waals surface area contributed by atoms with E-state index < -0.39 is 35.5 Å². The number of fused-ring (bicyclic) bond motifs is 5. The van der Waals surface area contributed by atoms with Gasteiger partial charge in [-0.2, -0.15) is 22.0 Å². The lowest BCUT2D eigenvalue weighted by atomic mass is 9.43. The number of hydrogen-bond acceptors (Lipinski definition) is 5. The van der Waals surface area contributed by atoms with Crippen molar-refractivity contribution >= 4 is 28.9 Å². The maximum Gasteiger partial charge on any atom is 0.456 e. The third-order valence-electron chi connectivity index (χ3n) is 11.3. The maximum absolute atomic E-state index is 15.0. The summed E-state index contributed by atoms with van der Waals surface area (Å²) in [5.74, 6) is -4.23. The van der Waals surface area contributed by atoms with Crippen molar-refractivity contribution in [1.29, 1.82) is 0 Å². The minimum atomic E-state index is -5.80. The number of halogens is 5. The van der Waals surface area contributed by atoms with Gasteiger partial charge in [-0.3, -0.25) is 4.79 Å². The Morgan fingerprint density at radius 3 is 2.48 bits per heavy atom. The highest BCUT2D eigenvalue weighted by Crippen LogP contribution is 2.72. The number of aromatic nitrogens is 1. The molecule has 7 atom stereocenters. The van der Waals surface area contributed by atoms with Gasteiger partial charge in [0.2, 0.25) is 0 Å². The number of carbonyl (C=O) groups is 1. The van der Waals surface area contributed by atoms with Crippen LogP contribution in [-0.4, -0.2) is 39.3 Å². The summed E-state index contributed by atoms with van der Waals surface area (Å²) in [6.45, 7) is 3.67. The largest absolute Gasteiger partial charge is 0.456 e. The fourth-order valence-electron chi connectivity index (χ4n) is 9.07. The number of rotatable bonds is 9. The van der Waals surface area contributed by atoms with Crippen LogP contribution in [-0.2, 0) is 4.79 Å². The standard InChI is InChI=1S/C30H40F5NO2S2/c1-26-11-8-21(37)18-20(26)17-19(7-5-3-4-6-15-39-25-36-14-16-40-25)24-22(26)9-12-27(2)23(24)10-13-28(27,38)29(31,32)30(33,34)35/h14,16,18-19,22-24,38H,3-13,15,17H2,1-2H3/t19?,22-,23+,24-,26+,27+,28?/m1/s1. The van der Waals surface area contributed by atoms with Gasteiger partial charge >= 0.3 is 12.1 Å². The molecule has 0 amide bonds. The van der Waals surface area contributed by atoms with Crippen molar-refractivity contribution < 1.29 is 31.9 Å². The molecule has 0 radical (unpaired) electrons. The summed E-state index contributed by atoms with van der Waals surface area (Å²) in [7, 11) is 0. The van der Waals surface area contributed by atoms with Crippen LogP contribution in [0.3, 0.4) is 0 Å². The number of thioether (sulfide) groups is 1. The molecule has 0 aliphatic heterocycles. The van der Waals surface area contributed by atoms with E-state index in [4.69, 9.17) is 0 Å². The number of carbonyl (C=O) groups excluding carboxylic acids is 1. The first-order valence-corrected chi connectivity index (χ1v) is 16.5. The smallest absolute Gasteiger partial charge is 0.383 e. The fourth-order valence-corrected chi connectivity index (χ4v) is 10.8. The Hall–Kier alpha value is -1.00. The van der Waals surface area contributed by atoms with Gasteiger partial charge in [-0.1, -0.05) is 50.4 Å². The molecule has 2 unspecified atom stereocenters. The molecule has 1 aromatic heterocycles. The molecule has 0 bridgehead atoms. The van der Waals surface area contributed by atoms with Gasteiger partial charge in [-0.15, -0.1) is 11.3 Å². The first-order valence-electron chi connectivity index (χ1n) is 14.7. The number of allylic oxidation sites excluding steroid dienone is 1. The molecular weight excluding hydrogens is 565 g/mol. The molecule has 1 aromatic rings. The Kier molecular flexibility index (Phi) is 8.32. The second-order valence-electron chi connectivity index (χ2n) is 13.1. The lowest BCUT2D eigenvalue weighted by Gasteiger charge is -2.62. The Bertz CT molecular complexity index is 1110. The number of alkyl halides is 5. The monoisotopic (exact) mass is 605 g/mol. The molecule has 3 fully saturated rings. The molecule has 1 N–H and O–H groups in total. The van der Waals surface area contributed by atoms with E-state index in [1.165, 1.54) is 6.92 Å². The van der Waals surface area contributed by atoms with Crippen LogP contribution >= 0.6 is 23.1 Å². The summed E-state index contributed by atoms with van der Waals surface area (Å²) < 4.78 is 71.8. The molecule has 4 aliphatic carbocycles. The average molecular weight is 606 g/mol. The van der Waals surface area contributed by atoms with E-state index in [1.807, 2.05) is 5.38 Å². The van der Waals surface area contributed by atoms with Crippen molar-refractivity contribution in [2.24, 2.45) is 34.5 Å². The molecule has 3 saturated carbocycles. The van der Waals surface area contributed by atoms with Crippen molar-refractivity contribution in [2.45, 2.75) is 113 Å². The minimum absolute atomic E-state index is 0.0346. The normalized spacial score (nSPS) is 38.0. The van der Waals surface area contributed by atoms with Crippen molar-refractivity contribution in [1.82, 2.24) is 4.98 Å². The van der Waals surface area contributed by atoms with E-state index in [9.17, 15) is 31.9 Å². The van der Waals surface area contributed by atoms with Crippen LogP contribution in [0.15, 0.2) is 27.6 Å². The topological polar surface area (TPSA) is 50.2 Å². The second-order valence-corrected chi connectivity index (χ2v) is 15.3. The molecule has 1 heterocycles. The van der Waals surface area contributed by atoms with Gasteiger partial charge in [0.1, 0.15) is 9.94 Å². The summed E-state index contributed by atoms with van der Waals surface area (Å²) >= 11 is 3.39. The van der Waals surface area contributed by atoms with Crippen LogP contribution in [0.1, 0.15) is 90.9 Å². The van der Waals surface area contributed by atoms with Crippen molar-refractivity contribution in [3.63, 3.8) is 0 Å². The lowest BCUT2D eigenvalue weighted by Crippen LogP contribution is -2.66. The number of unbranched alkanes of at least 4 members (excludes halogenated alkanes) is 3. The molecule has 40 heavy (non-hydrogen) atoms. The zero-order valence-electron chi connectivity index (χ0n) is 23.2. The first-order chi connectivity index (χ1) is 18.7. The SMILES string of the molecule is C[C@]12CCC(=O)C=C1CC(CCCCCCSc1nccs1)[C@@H]1[C@H]2CC[C@@]2(C)[C@H]1CCC2(O)C(F)(F)C(F)(F)F. The van der Waals surface area contributed by atoms with E-state index >= 15 is 0 Å². The van der Waals surface area contributed by atoms with E-state index in [0.717, 1.165) is 47.8 Å². The van der Waals surface area contributed by atoms with Gasteiger partial charge in [0.05, 0.1) is 0 Å². The Labute approximate surface area is 241 Å². The lowest BCUT2D eigenvalue weighted by molar-refractivity contribution is -0.364. The van der Waals surface area contributed by atoms with Crippen LogP contribution < -0.4 is 0 Å². The first kappa shape index (κ1) is 30.5.